The van der Waals surface area contributed by atoms with Gasteiger partial charge in [0.15, 0.2) is 6.10 Å². The van der Waals surface area contributed by atoms with Gasteiger partial charge in [0, 0.05) is 11.9 Å². The summed E-state index contributed by atoms with van der Waals surface area (Å²) in [6.45, 7) is 4.12. The Morgan fingerprint density at radius 1 is 1.23 bits per heavy atom. The van der Waals surface area contributed by atoms with Gasteiger partial charge in [0.1, 0.15) is 5.76 Å². The molecule has 1 aromatic carbocycles. The molecule has 2 heterocycles. The zero-order chi connectivity index (χ0) is 21.8. The first-order chi connectivity index (χ1) is 15.1. The lowest BCUT2D eigenvalue weighted by Crippen LogP contribution is -2.36. The van der Waals surface area contributed by atoms with Crippen LogP contribution in [0.4, 0.5) is 0 Å². The van der Waals surface area contributed by atoms with Gasteiger partial charge >= 0.3 is 5.97 Å². The van der Waals surface area contributed by atoms with Crippen molar-refractivity contribution in [2.24, 2.45) is 0 Å². The number of allylic oxidation sites excluding steroid dienone is 1. The van der Waals surface area contributed by atoms with Crippen molar-refractivity contribution in [2.45, 2.75) is 45.6 Å². The number of furan rings is 1. The summed E-state index contributed by atoms with van der Waals surface area (Å²) in [5, 5.41) is 3.51. The molecule has 3 aromatic rings. The summed E-state index contributed by atoms with van der Waals surface area (Å²) < 4.78 is 11.1. The van der Waals surface area contributed by atoms with Gasteiger partial charge in [-0.2, -0.15) is 0 Å². The molecule has 0 bridgehead atoms. The fourth-order valence-electron chi connectivity index (χ4n) is 3.92. The molecule has 1 aliphatic carbocycles. The van der Waals surface area contributed by atoms with E-state index in [1.165, 1.54) is 0 Å². The number of carbonyl (C=O) groups excluding carboxylic acids is 2. The molecule has 0 radical (unpaired) electrons. The largest absolute Gasteiger partial charge is 0.465 e. The molecule has 6 heteroatoms. The summed E-state index contributed by atoms with van der Waals surface area (Å²) in [4.78, 5) is 30.4. The predicted molar refractivity (Wildman–Crippen MR) is 119 cm³/mol. The first-order valence-corrected chi connectivity index (χ1v) is 10.7. The minimum Gasteiger partial charge on any atom is -0.465 e. The number of nitrogens with one attached hydrogen (secondary N) is 1. The standard InChI is InChI=1S/C25H26N2O4/c1-3-13-26-24(28)16(2)31-25(29)22-19-10-4-5-12-21(19)27-23-17(8-6-11-20(22)23)15-18-9-7-14-30-18/h4-5,7,9-10,12,14-16H,3,6,8,11,13H2,1-2H3,(H,26,28)/b17-15+. The minimum absolute atomic E-state index is 0.291. The number of carbonyl (C=O) groups is 2. The fourth-order valence-corrected chi connectivity index (χ4v) is 3.92. The first-order valence-electron chi connectivity index (χ1n) is 10.7. The van der Waals surface area contributed by atoms with Crippen LogP contribution in [0.2, 0.25) is 0 Å². The zero-order valence-electron chi connectivity index (χ0n) is 17.8. The number of ether oxygens (including phenoxy) is 1. The van der Waals surface area contributed by atoms with E-state index in [1.807, 2.05) is 49.4 Å². The number of esters is 1. The first kappa shape index (κ1) is 20.8. The van der Waals surface area contributed by atoms with Gasteiger partial charge in [-0.3, -0.25) is 4.79 Å². The van der Waals surface area contributed by atoms with Gasteiger partial charge in [-0.05, 0) is 68.0 Å². The SMILES string of the molecule is CCCNC(=O)C(C)OC(=O)c1c2c(nc3ccccc13)/C(=C/c1ccco1)CCC2. The summed E-state index contributed by atoms with van der Waals surface area (Å²) in [6.07, 6.45) is 6.04. The molecule has 6 nitrogen and oxygen atoms in total. The van der Waals surface area contributed by atoms with Gasteiger partial charge in [-0.25, -0.2) is 9.78 Å². The average molecular weight is 418 g/mol. The van der Waals surface area contributed by atoms with Crippen molar-refractivity contribution in [1.29, 1.82) is 0 Å². The van der Waals surface area contributed by atoms with E-state index in [1.54, 1.807) is 13.2 Å². The molecule has 1 aliphatic rings. The smallest absolute Gasteiger partial charge is 0.339 e. The third-order valence-corrected chi connectivity index (χ3v) is 5.44. The van der Waals surface area contributed by atoms with Crippen LogP contribution >= 0.6 is 0 Å². The maximum Gasteiger partial charge on any atom is 0.339 e. The van der Waals surface area contributed by atoms with Gasteiger partial charge in [-0.15, -0.1) is 0 Å². The molecular formula is C25H26N2O4. The Morgan fingerprint density at radius 3 is 2.84 bits per heavy atom. The molecule has 160 valence electrons. The van der Waals surface area contributed by atoms with Crippen molar-refractivity contribution in [3.63, 3.8) is 0 Å². The van der Waals surface area contributed by atoms with E-state index in [0.29, 0.717) is 12.1 Å². The van der Waals surface area contributed by atoms with Crippen LogP contribution in [0.5, 0.6) is 0 Å². The number of hydrogen-bond acceptors (Lipinski definition) is 5. The van der Waals surface area contributed by atoms with Gasteiger partial charge in [0.2, 0.25) is 0 Å². The normalized spacial score (nSPS) is 15.5. The maximum atomic E-state index is 13.3. The lowest BCUT2D eigenvalue weighted by atomic mass is 9.86. The average Bonchev–Trinajstić information content (AvgIpc) is 3.29. The Hall–Kier alpha value is -3.41. The highest BCUT2D eigenvalue weighted by Crippen LogP contribution is 2.36. The molecule has 0 saturated carbocycles. The highest BCUT2D eigenvalue weighted by atomic mass is 16.5. The number of fused-ring (bicyclic) bond motifs is 2. The van der Waals surface area contributed by atoms with E-state index in [4.69, 9.17) is 14.1 Å². The van der Waals surface area contributed by atoms with Gasteiger partial charge in [0.05, 0.1) is 23.0 Å². The molecule has 0 saturated heterocycles. The number of aromatic nitrogens is 1. The number of nitrogens with zero attached hydrogens (tertiary/aromatic N) is 1. The molecule has 0 aliphatic heterocycles. The van der Waals surface area contributed by atoms with E-state index in [-0.39, 0.29) is 5.91 Å². The fraction of sp³-hybridized carbons (Fsp3) is 0.320. The molecule has 2 aromatic heterocycles. The van der Waals surface area contributed by atoms with Crippen LogP contribution in [0.1, 0.15) is 60.5 Å². The molecule has 1 atom stereocenters. The maximum absolute atomic E-state index is 13.3. The van der Waals surface area contributed by atoms with E-state index >= 15 is 0 Å². The molecule has 4 rings (SSSR count). The molecule has 31 heavy (non-hydrogen) atoms. The van der Waals surface area contributed by atoms with Crippen LogP contribution in [0.3, 0.4) is 0 Å². The third kappa shape index (κ3) is 4.38. The zero-order valence-corrected chi connectivity index (χ0v) is 17.8. The molecular weight excluding hydrogens is 392 g/mol. The number of amides is 1. The number of benzene rings is 1. The van der Waals surface area contributed by atoms with Crippen LogP contribution in [0, 0.1) is 0 Å². The third-order valence-electron chi connectivity index (χ3n) is 5.44. The molecule has 0 fully saturated rings. The Balaban J connectivity index is 1.76. The van der Waals surface area contributed by atoms with E-state index in [2.05, 4.69) is 5.32 Å². The quantitative estimate of drug-likeness (QED) is 0.583. The highest BCUT2D eigenvalue weighted by molar-refractivity contribution is 6.07. The van der Waals surface area contributed by atoms with Crippen LogP contribution in [0.15, 0.2) is 47.1 Å². The van der Waals surface area contributed by atoms with Gasteiger partial charge < -0.3 is 14.5 Å². The Morgan fingerprint density at radius 2 is 2.06 bits per heavy atom. The van der Waals surface area contributed by atoms with Crippen LogP contribution in [0.25, 0.3) is 22.6 Å². The number of pyridine rings is 1. The molecule has 1 unspecified atom stereocenters. The second-order valence-electron chi connectivity index (χ2n) is 7.71. The second-order valence-corrected chi connectivity index (χ2v) is 7.71. The van der Waals surface area contributed by atoms with Crippen molar-refractivity contribution < 1.29 is 18.7 Å². The van der Waals surface area contributed by atoms with Crippen LogP contribution < -0.4 is 5.32 Å². The highest BCUT2D eigenvalue weighted by Gasteiger charge is 2.28. The Labute approximate surface area is 181 Å². The summed E-state index contributed by atoms with van der Waals surface area (Å²) in [5.41, 5.74) is 3.93. The topological polar surface area (TPSA) is 81.4 Å². The minimum atomic E-state index is -0.872. The lowest BCUT2D eigenvalue weighted by Gasteiger charge is -2.23. The number of para-hydroxylation sites is 1. The monoisotopic (exact) mass is 418 g/mol. The molecule has 1 amide bonds. The Bertz CT molecular complexity index is 1130. The van der Waals surface area contributed by atoms with Gasteiger partial charge in [-0.1, -0.05) is 25.1 Å². The van der Waals surface area contributed by atoms with Crippen LogP contribution in [-0.2, 0) is 16.0 Å². The number of hydrogen-bond donors (Lipinski definition) is 1. The van der Waals surface area contributed by atoms with Crippen molar-refractivity contribution in [2.75, 3.05) is 6.54 Å². The number of rotatable bonds is 6. The van der Waals surface area contributed by atoms with Gasteiger partial charge in [0.25, 0.3) is 5.91 Å². The van der Waals surface area contributed by atoms with E-state index in [9.17, 15) is 9.59 Å². The van der Waals surface area contributed by atoms with Crippen molar-refractivity contribution in [1.82, 2.24) is 10.3 Å². The van der Waals surface area contributed by atoms with Crippen molar-refractivity contribution in [3.05, 3.63) is 65.2 Å². The molecule has 1 N–H and O–H groups in total. The van der Waals surface area contributed by atoms with E-state index < -0.39 is 12.1 Å². The van der Waals surface area contributed by atoms with E-state index in [0.717, 1.165) is 59.2 Å². The van der Waals surface area contributed by atoms with Crippen molar-refractivity contribution >= 4 is 34.4 Å². The summed E-state index contributed by atoms with van der Waals surface area (Å²) in [6, 6.07) is 11.3. The summed E-state index contributed by atoms with van der Waals surface area (Å²) >= 11 is 0. The predicted octanol–water partition coefficient (Wildman–Crippen LogP) is 4.78. The summed E-state index contributed by atoms with van der Waals surface area (Å²) in [5.74, 6) is -0.0303. The molecule has 0 spiro atoms. The Kier molecular flexibility index (Phi) is 6.16. The van der Waals surface area contributed by atoms with Crippen molar-refractivity contribution in [3.8, 4) is 0 Å². The lowest BCUT2D eigenvalue weighted by molar-refractivity contribution is -0.129. The second kappa shape index (κ2) is 9.16. The summed E-state index contributed by atoms with van der Waals surface area (Å²) in [7, 11) is 0. The van der Waals surface area contributed by atoms with Crippen LogP contribution in [-0.4, -0.2) is 29.5 Å².